The summed E-state index contributed by atoms with van der Waals surface area (Å²) in [6.45, 7) is 6.66. The van der Waals surface area contributed by atoms with Crippen molar-refractivity contribution in [2.24, 2.45) is 0 Å². The van der Waals surface area contributed by atoms with Crippen molar-refractivity contribution in [3.8, 4) is 0 Å². The summed E-state index contributed by atoms with van der Waals surface area (Å²) in [5.41, 5.74) is 2.72. The quantitative estimate of drug-likeness (QED) is 0.887. The van der Waals surface area contributed by atoms with E-state index in [9.17, 15) is 14.7 Å². The SMILES string of the molecule is CC(C)(C)c1cc(C(=O)N2Cc3ccccc3C(C(=O)O)C2)n[nH]1. The van der Waals surface area contributed by atoms with Crippen LogP contribution in [0.2, 0.25) is 0 Å². The molecule has 0 saturated heterocycles. The lowest BCUT2D eigenvalue weighted by Gasteiger charge is -2.32. The lowest BCUT2D eigenvalue weighted by Crippen LogP contribution is -2.40. The number of carbonyl (C=O) groups excluding carboxylic acids is 1. The van der Waals surface area contributed by atoms with Crippen molar-refractivity contribution in [2.45, 2.75) is 38.6 Å². The Bertz CT molecular complexity index is 789. The average molecular weight is 327 g/mol. The van der Waals surface area contributed by atoms with Crippen LogP contribution in [0.15, 0.2) is 30.3 Å². The molecule has 1 atom stereocenters. The molecule has 1 aliphatic heterocycles. The average Bonchev–Trinajstić information content (AvgIpc) is 3.03. The normalized spacial score (nSPS) is 17.5. The minimum absolute atomic E-state index is 0.135. The summed E-state index contributed by atoms with van der Waals surface area (Å²) in [6, 6.07) is 9.13. The van der Waals surface area contributed by atoms with Crippen LogP contribution in [-0.2, 0) is 16.8 Å². The van der Waals surface area contributed by atoms with Gasteiger partial charge in [0.2, 0.25) is 0 Å². The molecule has 2 heterocycles. The number of amides is 1. The molecule has 1 unspecified atom stereocenters. The van der Waals surface area contributed by atoms with E-state index in [0.717, 1.165) is 16.8 Å². The van der Waals surface area contributed by atoms with E-state index in [1.807, 2.05) is 45.0 Å². The smallest absolute Gasteiger partial charge is 0.312 e. The Balaban J connectivity index is 1.89. The first kappa shape index (κ1) is 16.2. The summed E-state index contributed by atoms with van der Waals surface area (Å²) in [5.74, 6) is -1.88. The van der Waals surface area contributed by atoms with Gasteiger partial charge in [-0.1, -0.05) is 45.0 Å². The second-order valence-corrected chi connectivity index (χ2v) is 7.19. The number of nitrogens with one attached hydrogen (secondary N) is 1. The van der Waals surface area contributed by atoms with Crippen molar-refractivity contribution in [3.05, 3.63) is 52.8 Å². The third kappa shape index (κ3) is 2.91. The van der Waals surface area contributed by atoms with Crippen LogP contribution in [0, 0.1) is 0 Å². The number of carbonyl (C=O) groups is 2. The zero-order valence-corrected chi connectivity index (χ0v) is 14.0. The summed E-state index contributed by atoms with van der Waals surface area (Å²) < 4.78 is 0. The highest BCUT2D eigenvalue weighted by Gasteiger charge is 2.33. The predicted octanol–water partition coefficient (Wildman–Crippen LogP) is 2.53. The maximum absolute atomic E-state index is 12.8. The first-order chi connectivity index (χ1) is 11.3. The van der Waals surface area contributed by atoms with E-state index in [2.05, 4.69) is 10.2 Å². The molecule has 1 aromatic heterocycles. The molecular formula is C18H21N3O3. The van der Waals surface area contributed by atoms with Crippen LogP contribution in [0.5, 0.6) is 0 Å². The number of aromatic nitrogens is 2. The molecule has 2 aromatic rings. The molecule has 0 bridgehead atoms. The standard InChI is InChI=1S/C18H21N3O3/c1-18(2,3)15-8-14(19-20-15)16(22)21-9-11-6-4-5-7-12(11)13(10-21)17(23)24/h4-8,13H,9-10H2,1-3H3,(H,19,20)(H,23,24). The van der Waals surface area contributed by atoms with Gasteiger partial charge in [-0.3, -0.25) is 14.7 Å². The molecule has 6 nitrogen and oxygen atoms in total. The van der Waals surface area contributed by atoms with Crippen LogP contribution in [0.1, 0.15) is 54.0 Å². The van der Waals surface area contributed by atoms with Gasteiger partial charge in [0.25, 0.3) is 5.91 Å². The highest BCUT2D eigenvalue weighted by Crippen LogP contribution is 2.29. The number of nitrogens with zero attached hydrogens (tertiary/aromatic N) is 2. The molecule has 6 heteroatoms. The molecule has 0 radical (unpaired) electrons. The van der Waals surface area contributed by atoms with Crippen LogP contribution in [0.25, 0.3) is 0 Å². The van der Waals surface area contributed by atoms with Crippen molar-refractivity contribution < 1.29 is 14.7 Å². The number of carboxylic acids is 1. The number of hydrogen-bond donors (Lipinski definition) is 2. The Labute approximate surface area is 140 Å². The largest absolute Gasteiger partial charge is 0.481 e. The van der Waals surface area contributed by atoms with E-state index >= 15 is 0 Å². The molecular weight excluding hydrogens is 306 g/mol. The number of hydrogen-bond acceptors (Lipinski definition) is 3. The van der Waals surface area contributed by atoms with Crippen LogP contribution in [-0.4, -0.2) is 38.6 Å². The first-order valence-electron chi connectivity index (χ1n) is 7.93. The topological polar surface area (TPSA) is 86.3 Å². The van der Waals surface area contributed by atoms with Gasteiger partial charge in [-0.25, -0.2) is 0 Å². The Kier molecular flexibility index (Phi) is 3.91. The number of aliphatic carboxylic acids is 1. The van der Waals surface area contributed by atoms with Gasteiger partial charge in [0.1, 0.15) is 5.69 Å². The molecule has 24 heavy (non-hydrogen) atoms. The summed E-state index contributed by atoms with van der Waals surface area (Å²) in [4.78, 5) is 25.9. The van der Waals surface area contributed by atoms with Gasteiger partial charge >= 0.3 is 5.97 Å². The fourth-order valence-corrected chi connectivity index (χ4v) is 2.95. The zero-order valence-electron chi connectivity index (χ0n) is 14.0. The van der Waals surface area contributed by atoms with Crippen LogP contribution in [0.3, 0.4) is 0 Å². The Morgan fingerprint density at radius 3 is 2.62 bits per heavy atom. The van der Waals surface area contributed by atoms with Gasteiger partial charge in [0.15, 0.2) is 0 Å². The van der Waals surface area contributed by atoms with Crippen LogP contribution < -0.4 is 0 Å². The number of aromatic amines is 1. The molecule has 0 spiro atoms. The molecule has 1 aromatic carbocycles. The molecule has 0 saturated carbocycles. The van der Waals surface area contributed by atoms with Gasteiger partial charge < -0.3 is 10.0 Å². The molecule has 126 valence electrons. The summed E-state index contributed by atoms with van der Waals surface area (Å²) in [7, 11) is 0. The van der Waals surface area contributed by atoms with E-state index in [0.29, 0.717) is 12.2 Å². The van der Waals surface area contributed by atoms with Gasteiger partial charge in [0, 0.05) is 24.2 Å². The number of H-pyrrole nitrogens is 1. The van der Waals surface area contributed by atoms with Crippen molar-refractivity contribution in [2.75, 3.05) is 6.54 Å². The van der Waals surface area contributed by atoms with Gasteiger partial charge in [-0.2, -0.15) is 5.10 Å². The highest BCUT2D eigenvalue weighted by molar-refractivity contribution is 5.93. The maximum atomic E-state index is 12.8. The number of rotatable bonds is 2. The Hall–Kier alpha value is -2.63. The van der Waals surface area contributed by atoms with Gasteiger partial charge in [0.05, 0.1) is 5.92 Å². The predicted molar refractivity (Wildman–Crippen MR) is 88.8 cm³/mol. The lowest BCUT2D eigenvalue weighted by atomic mass is 9.89. The van der Waals surface area contributed by atoms with E-state index in [-0.39, 0.29) is 17.9 Å². The summed E-state index contributed by atoms with van der Waals surface area (Å²) in [5, 5.41) is 16.5. The minimum Gasteiger partial charge on any atom is -0.481 e. The van der Waals surface area contributed by atoms with Crippen molar-refractivity contribution in [1.82, 2.24) is 15.1 Å². The Morgan fingerprint density at radius 2 is 2.00 bits per heavy atom. The first-order valence-corrected chi connectivity index (χ1v) is 7.93. The molecule has 2 N–H and O–H groups in total. The fraction of sp³-hybridized carbons (Fsp3) is 0.389. The summed E-state index contributed by atoms with van der Waals surface area (Å²) >= 11 is 0. The number of carboxylic acid groups (broad SMARTS) is 1. The fourth-order valence-electron chi connectivity index (χ4n) is 2.95. The summed E-state index contributed by atoms with van der Waals surface area (Å²) in [6.07, 6.45) is 0. The van der Waals surface area contributed by atoms with Crippen molar-refractivity contribution in [3.63, 3.8) is 0 Å². The van der Waals surface area contributed by atoms with E-state index in [1.165, 1.54) is 0 Å². The van der Waals surface area contributed by atoms with Crippen molar-refractivity contribution >= 4 is 11.9 Å². The molecule has 1 amide bonds. The minimum atomic E-state index is -0.919. The lowest BCUT2D eigenvalue weighted by molar-refractivity contribution is -0.139. The second kappa shape index (κ2) is 5.78. The maximum Gasteiger partial charge on any atom is 0.312 e. The number of benzene rings is 1. The molecule has 3 rings (SSSR count). The van der Waals surface area contributed by atoms with Crippen LogP contribution in [0.4, 0.5) is 0 Å². The number of fused-ring (bicyclic) bond motifs is 1. The molecule has 0 fully saturated rings. The Morgan fingerprint density at radius 1 is 1.29 bits per heavy atom. The second-order valence-electron chi connectivity index (χ2n) is 7.19. The van der Waals surface area contributed by atoms with E-state index in [1.54, 1.807) is 11.0 Å². The van der Waals surface area contributed by atoms with E-state index < -0.39 is 11.9 Å². The van der Waals surface area contributed by atoms with Gasteiger partial charge in [-0.15, -0.1) is 0 Å². The van der Waals surface area contributed by atoms with Crippen LogP contribution >= 0.6 is 0 Å². The monoisotopic (exact) mass is 327 g/mol. The zero-order chi connectivity index (χ0) is 17.5. The molecule has 0 aliphatic carbocycles. The van der Waals surface area contributed by atoms with Crippen molar-refractivity contribution in [1.29, 1.82) is 0 Å². The third-order valence-electron chi connectivity index (χ3n) is 4.38. The highest BCUT2D eigenvalue weighted by atomic mass is 16.4. The van der Waals surface area contributed by atoms with E-state index in [4.69, 9.17) is 0 Å². The van der Waals surface area contributed by atoms with Gasteiger partial charge in [-0.05, 0) is 17.2 Å². The third-order valence-corrected chi connectivity index (χ3v) is 4.38. The molecule has 1 aliphatic rings.